The summed E-state index contributed by atoms with van der Waals surface area (Å²) in [4.78, 5) is 13.0. The van der Waals surface area contributed by atoms with Crippen molar-refractivity contribution in [2.75, 3.05) is 6.61 Å². The number of aromatic nitrogens is 2. The number of hydrogen-bond acceptors (Lipinski definition) is 3. The van der Waals surface area contributed by atoms with Gasteiger partial charge >= 0.3 is 0 Å². The van der Waals surface area contributed by atoms with Crippen LogP contribution in [0.15, 0.2) is 12.4 Å². The molecule has 0 spiro atoms. The summed E-state index contributed by atoms with van der Waals surface area (Å²) >= 11 is 0. The average Bonchev–Trinajstić information content (AvgIpc) is 2.90. The number of hydrogen-bond donors (Lipinski definition) is 0. The zero-order valence-corrected chi connectivity index (χ0v) is 13.8. The highest BCUT2D eigenvalue weighted by Crippen LogP contribution is 2.43. The van der Waals surface area contributed by atoms with Crippen LogP contribution in [0.4, 0.5) is 0 Å². The lowest BCUT2D eigenvalue weighted by Gasteiger charge is -2.42. The minimum Gasteiger partial charge on any atom is -0.367 e. The van der Waals surface area contributed by atoms with Gasteiger partial charge in [-0.15, -0.1) is 0 Å². The number of Topliss-reactive ketones (excluding diaryl/α,β-unsaturated/α-hetero) is 1. The van der Waals surface area contributed by atoms with E-state index < -0.39 is 5.60 Å². The Labute approximate surface area is 127 Å². The van der Waals surface area contributed by atoms with Crippen molar-refractivity contribution < 1.29 is 9.53 Å². The van der Waals surface area contributed by atoms with Gasteiger partial charge in [-0.2, -0.15) is 5.10 Å². The second-order valence-corrected chi connectivity index (χ2v) is 6.91. The third-order valence-electron chi connectivity index (χ3n) is 4.59. The normalized spacial score (nSPS) is 20.4. The molecule has 118 valence electrons. The molecule has 0 unspecified atom stereocenters. The molecule has 1 heterocycles. The summed E-state index contributed by atoms with van der Waals surface area (Å²) in [5.74, 6) is 0.113. The Morgan fingerprint density at radius 1 is 1.29 bits per heavy atom. The van der Waals surface area contributed by atoms with Gasteiger partial charge in [-0.3, -0.25) is 9.48 Å². The first-order chi connectivity index (χ1) is 9.92. The third-order valence-corrected chi connectivity index (χ3v) is 4.59. The van der Waals surface area contributed by atoms with Crippen molar-refractivity contribution in [1.82, 2.24) is 9.78 Å². The summed E-state index contributed by atoms with van der Waals surface area (Å²) in [6, 6.07) is 0. The number of ether oxygens (including phenoxy) is 1. The fourth-order valence-electron chi connectivity index (χ4n) is 3.14. The van der Waals surface area contributed by atoms with Crippen molar-refractivity contribution in [2.45, 2.75) is 71.9 Å². The van der Waals surface area contributed by atoms with Crippen molar-refractivity contribution in [1.29, 1.82) is 0 Å². The molecular weight excluding hydrogens is 264 g/mol. The molecule has 1 fully saturated rings. The Morgan fingerprint density at radius 2 is 1.95 bits per heavy atom. The van der Waals surface area contributed by atoms with E-state index in [1.54, 1.807) is 6.20 Å². The molecule has 1 aromatic rings. The monoisotopic (exact) mass is 292 g/mol. The van der Waals surface area contributed by atoms with Crippen LogP contribution in [0.5, 0.6) is 0 Å². The van der Waals surface area contributed by atoms with Crippen molar-refractivity contribution in [3.8, 4) is 0 Å². The van der Waals surface area contributed by atoms with Crippen molar-refractivity contribution in [2.24, 2.45) is 5.41 Å². The number of nitrogens with zero attached hydrogens (tertiary/aromatic N) is 2. The lowest BCUT2D eigenvalue weighted by Crippen LogP contribution is -2.46. The molecule has 0 bridgehead atoms. The molecule has 1 saturated carbocycles. The molecule has 1 aliphatic rings. The van der Waals surface area contributed by atoms with E-state index in [0.29, 0.717) is 17.6 Å². The Hall–Kier alpha value is -1.16. The van der Waals surface area contributed by atoms with E-state index in [4.69, 9.17) is 4.74 Å². The van der Waals surface area contributed by atoms with Crippen LogP contribution in [0, 0.1) is 5.41 Å². The number of ketones is 1. The Balaban J connectivity index is 2.19. The third kappa shape index (κ3) is 3.54. The predicted octanol–water partition coefficient (Wildman–Crippen LogP) is 3.85. The summed E-state index contributed by atoms with van der Waals surface area (Å²) < 4.78 is 7.81. The summed E-state index contributed by atoms with van der Waals surface area (Å²) in [5.41, 5.74) is 0.369. The summed E-state index contributed by atoms with van der Waals surface area (Å²) in [6.45, 7) is 10.0. The van der Waals surface area contributed by atoms with Crippen LogP contribution in [0.3, 0.4) is 0 Å². The number of rotatable bonds is 6. The number of carbonyl (C=O) groups excluding carboxylic acids is 1. The first kappa shape index (κ1) is 16.2. The Morgan fingerprint density at radius 3 is 2.52 bits per heavy atom. The minimum atomic E-state index is -0.635. The highest BCUT2D eigenvalue weighted by Gasteiger charge is 2.45. The zero-order valence-electron chi connectivity index (χ0n) is 13.8. The van der Waals surface area contributed by atoms with E-state index in [-0.39, 0.29) is 5.78 Å². The second-order valence-electron chi connectivity index (χ2n) is 6.91. The van der Waals surface area contributed by atoms with Crippen LogP contribution >= 0.6 is 0 Å². The quantitative estimate of drug-likeness (QED) is 0.748. The molecule has 0 N–H and O–H groups in total. The zero-order chi connectivity index (χ0) is 15.5. The standard InChI is InChI=1S/C17H28N2O2/c1-5-11-19-13-14(12-18-19)15(20)17(21-6-2)9-7-16(3,4)8-10-17/h12-13H,5-11H2,1-4H3. The van der Waals surface area contributed by atoms with E-state index in [9.17, 15) is 4.79 Å². The van der Waals surface area contributed by atoms with E-state index in [1.165, 1.54) is 0 Å². The van der Waals surface area contributed by atoms with E-state index in [2.05, 4.69) is 25.9 Å². The highest BCUT2D eigenvalue weighted by molar-refractivity contribution is 6.02. The minimum absolute atomic E-state index is 0.113. The maximum atomic E-state index is 13.0. The molecule has 0 aliphatic heterocycles. The van der Waals surface area contributed by atoms with Gasteiger partial charge in [-0.1, -0.05) is 20.8 Å². The molecule has 2 rings (SSSR count). The summed E-state index contributed by atoms with van der Waals surface area (Å²) in [5, 5.41) is 4.28. The molecule has 0 aromatic carbocycles. The molecule has 0 atom stereocenters. The summed E-state index contributed by atoms with van der Waals surface area (Å²) in [6.07, 6.45) is 8.26. The molecule has 1 aromatic heterocycles. The second kappa shape index (κ2) is 6.30. The molecule has 0 amide bonds. The maximum Gasteiger partial charge on any atom is 0.197 e. The first-order valence-electron chi connectivity index (χ1n) is 8.14. The molecule has 4 heteroatoms. The van der Waals surface area contributed by atoms with Gasteiger partial charge in [0, 0.05) is 19.3 Å². The molecular formula is C17H28N2O2. The molecule has 21 heavy (non-hydrogen) atoms. The molecule has 0 radical (unpaired) electrons. The fraction of sp³-hybridized carbons (Fsp3) is 0.765. The van der Waals surface area contributed by atoms with Crippen LogP contribution in [-0.4, -0.2) is 27.8 Å². The van der Waals surface area contributed by atoms with Crippen LogP contribution in [0.2, 0.25) is 0 Å². The van der Waals surface area contributed by atoms with Gasteiger partial charge in [0.2, 0.25) is 0 Å². The van der Waals surface area contributed by atoms with E-state index >= 15 is 0 Å². The topological polar surface area (TPSA) is 44.1 Å². The van der Waals surface area contributed by atoms with Gasteiger partial charge in [0.15, 0.2) is 5.78 Å². The number of carbonyl (C=O) groups is 1. The summed E-state index contributed by atoms with van der Waals surface area (Å²) in [7, 11) is 0. The van der Waals surface area contributed by atoms with Gasteiger partial charge in [-0.05, 0) is 44.4 Å². The van der Waals surface area contributed by atoms with Crippen molar-refractivity contribution >= 4 is 5.78 Å². The van der Waals surface area contributed by atoms with Crippen LogP contribution in [-0.2, 0) is 11.3 Å². The SMILES string of the molecule is CCCn1cc(C(=O)C2(OCC)CCC(C)(C)CC2)cn1. The predicted molar refractivity (Wildman–Crippen MR) is 83.5 cm³/mol. The van der Waals surface area contributed by atoms with Gasteiger partial charge in [0.25, 0.3) is 0 Å². The lowest BCUT2D eigenvalue weighted by molar-refractivity contribution is -0.0580. The van der Waals surface area contributed by atoms with Gasteiger partial charge in [-0.25, -0.2) is 0 Å². The average molecular weight is 292 g/mol. The van der Waals surface area contributed by atoms with E-state index in [1.807, 2.05) is 17.8 Å². The smallest absolute Gasteiger partial charge is 0.197 e. The van der Waals surface area contributed by atoms with Crippen LogP contribution < -0.4 is 0 Å². The van der Waals surface area contributed by atoms with E-state index in [0.717, 1.165) is 38.6 Å². The maximum absolute atomic E-state index is 13.0. The van der Waals surface area contributed by atoms with Crippen molar-refractivity contribution in [3.05, 3.63) is 18.0 Å². The lowest BCUT2D eigenvalue weighted by atomic mass is 9.69. The molecule has 0 saturated heterocycles. The first-order valence-corrected chi connectivity index (χ1v) is 8.14. The van der Waals surface area contributed by atoms with Gasteiger partial charge in [0.05, 0.1) is 11.8 Å². The Kier molecular flexibility index (Phi) is 4.87. The fourth-order valence-corrected chi connectivity index (χ4v) is 3.14. The van der Waals surface area contributed by atoms with Crippen LogP contribution in [0.25, 0.3) is 0 Å². The highest BCUT2D eigenvalue weighted by atomic mass is 16.5. The van der Waals surface area contributed by atoms with Crippen LogP contribution in [0.1, 0.15) is 70.2 Å². The molecule has 1 aliphatic carbocycles. The number of aryl methyl sites for hydroxylation is 1. The largest absolute Gasteiger partial charge is 0.367 e. The Bertz CT molecular complexity index is 481. The van der Waals surface area contributed by atoms with Gasteiger partial charge < -0.3 is 4.74 Å². The molecule has 4 nitrogen and oxygen atoms in total. The van der Waals surface area contributed by atoms with Crippen molar-refractivity contribution in [3.63, 3.8) is 0 Å². The van der Waals surface area contributed by atoms with Gasteiger partial charge in [0.1, 0.15) is 5.60 Å².